The summed E-state index contributed by atoms with van der Waals surface area (Å²) in [6, 6.07) is 0. The molecule has 82 valence electrons. The number of hydrogen-bond acceptors (Lipinski definition) is 3. The minimum atomic E-state index is -0.977. The summed E-state index contributed by atoms with van der Waals surface area (Å²) in [4.78, 5) is 20.5. The first kappa shape index (κ1) is 12.9. The molecule has 1 atom stereocenters. The number of nitro groups is 1. The van der Waals surface area contributed by atoms with Gasteiger partial charge in [0.1, 0.15) is 0 Å². The van der Waals surface area contributed by atoms with Crippen molar-refractivity contribution in [3.8, 4) is 0 Å². The summed E-state index contributed by atoms with van der Waals surface area (Å²) in [5.74, 6) is -0.714. The molecule has 14 heavy (non-hydrogen) atoms. The summed E-state index contributed by atoms with van der Waals surface area (Å²) in [5, 5.41) is 19.0. The zero-order valence-electron chi connectivity index (χ0n) is 8.82. The predicted octanol–water partition coefficient (Wildman–Crippen LogP) is 1.79. The van der Waals surface area contributed by atoms with Crippen molar-refractivity contribution < 1.29 is 14.8 Å². The second-order valence-corrected chi connectivity index (χ2v) is 4.47. The van der Waals surface area contributed by atoms with Crippen LogP contribution in [0.3, 0.4) is 0 Å². The first-order valence-electron chi connectivity index (χ1n) is 4.59. The van der Waals surface area contributed by atoms with Crippen molar-refractivity contribution >= 4 is 5.97 Å². The Hall–Kier alpha value is -1.13. The van der Waals surface area contributed by atoms with Gasteiger partial charge in [0, 0.05) is 10.3 Å². The van der Waals surface area contributed by atoms with E-state index in [1.54, 1.807) is 6.92 Å². The van der Waals surface area contributed by atoms with Gasteiger partial charge in [-0.1, -0.05) is 20.8 Å². The lowest BCUT2D eigenvalue weighted by Gasteiger charge is -2.25. The van der Waals surface area contributed by atoms with Crippen molar-refractivity contribution in [2.24, 2.45) is 11.3 Å². The van der Waals surface area contributed by atoms with Gasteiger partial charge in [-0.15, -0.1) is 0 Å². The van der Waals surface area contributed by atoms with Gasteiger partial charge < -0.3 is 5.11 Å². The van der Waals surface area contributed by atoms with Crippen molar-refractivity contribution in [1.82, 2.24) is 0 Å². The van der Waals surface area contributed by atoms with Gasteiger partial charge in [-0.25, -0.2) is 0 Å². The minimum absolute atomic E-state index is 0.147. The molecule has 0 aliphatic carbocycles. The molecule has 0 bridgehead atoms. The van der Waals surface area contributed by atoms with Gasteiger partial charge in [0.15, 0.2) is 0 Å². The molecule has 0 rings (SSSR count). The Kier molecular flexibility index (Phi) is 4.53. The van der Waals surface area contributed by atoms with Crippen LogP contribution in [-0.2, 0) is 4.79 Å². The number of rotatable bonds is 6. The molecule has 0 saturated heterocycles. The van der Waals surface area contributed by atoms with Crippen LogP contribution in [0.2, 0.25) is 0 Å². The fourth-order valence-electron chi connectivity index (χ4n) is 1.85. The van der Waals surface area contributed by atoms with Gasteiger partial charge in [-0.3, -0.25) is 14.9 Å². The molecule has 1 N–H and O–H groups in total. The number of hydrogen-bond donors (Lipinski definition) is 1. The molecular formula is C9H17NO4. The Balaban J connectivity index is 4.48. The highest BCUT2D eigenvalue weighted by Crippen LogP contribution is 2.30. The van der Waals surface area contributed by atoms with E-state index in [0.29, 0.717) is 6.42 Å². The third kappa shape index (κ3) is 5.50. The van der Waals surface area contributed by atoms with Crippen LogP contribution >= 0.6 is 0 Å². The third-order valence-corrected chi connectivity index (χ3v) is 1.99. The molecule has 0 amide bonds. The second-order valence-electron chi connectivity index (χ2n) is 4.47. The monoisotopic (exact) mass is 203 g/mol. The third-order valence-electron chi connectivity index (χ3n) is 1.99. The van der Waals surface area contributed by atoms with E-state index in [1.165, 1.54) is 0 Å². The summed E-state index contributed by atoms with van der Waals surface area (Å²) in [7, 11) is 0. The molecule has 0 saturated carbocycles. The van der Waals surface area contributed by atoms with Crippen LogP contribution < -0.4 is 0 Å². The van der Waals surface area contributed by atoms with E-state index < -0.39 is 16.3 Å². The number of nitrogens with zero attached hydrogens (tertiary/aromatic N) is 1. The number of aliphatic carboxylic acids is 1. The fourth-order valence-corrected chi connectivity index (χ4v) is 1.85. The van der Waals surface area contributed by atoms with Crippen molar-refractivity contribution in [3.63, 3.8) is 0 Å². The van der Waals surface area contributed by atoms with E-state index in [9.17, 15) is 14.9 Å². The van der Waals surface area contributed by atoms with E-state index in [-0.39, 0.29) is 18.9 Å². The van der Waals surface area contributed by atoms with Crippen LogP contribution in [0.4, 0.5) is 0 Å². The highest BCUT2D eigenvalue weighted by molar-refractivity contribution is 5.67. The van der Waals surface area contributed by atoms with Crippen LogP contribution in [-0.4, -0.2) is 22.5 Å². The summed E-state index contributed by atoms with van der Waals surface area (Å²) >= 11 is 0. The van der Waals surface area contributed by atoms with Crippen molar-refractivity contribution in [3.05, 3.63) is 10.1 Å². The second kappa shape index (κ2) is 4.93. The van der Waals surface area contributed by atoms with Crippen molar-refractivity contribution in [1.29, 1.82) is 0 Å². The largest absolute Gasteiger partial charge is 0.481 e. The average Bonchev–Trinajstić information content (AvgIpc) is 1.76. The SMILES string of the molecule is CC(C)C[C@](C)(CC(=O)O)C[N+](=O)[O-]. The van der Waals surface area contributed by atoms with E-state index in [2.05, 4.69) is 0 Å². The van der Waals surface area contributed by atoms with Crippen LogP contribution in [0.5, 0.6) is 0 Å². The molecule has 0 aromatic rings. The number of carbonyl (C=O) groups is 1. The topological polar surface area (TPSA) is 80.4 Å². The van der Waals surface area contributed by atoms with Crippen LogP contribution in [0, 0.1) is 21.4 Å². The normalized spacial score (nSPS) is 15.1. The lowest BCUT2D eigenvalue weighted by Crippen LogP contribution is -2.30. The maximum absolute atomic E-state index is 10.6. The van der Waals surface area contributed by atoms with Gasteiger partial charge in [-0.05, 0) is 12.3 Å². The fraction of sp³-hybridized carbons (Fsp3) is 0.889. The Morgan fingerprint density at radius 3 is 2.36 bits per heavy atom. The Morgan fingerprint density at radius 1 is 1.57 bits per heavy atom. The van der Waals surface area contributed by atoms with E-state index in [0.717, 1.165) is 0 Å². The molecule has 0 aliphatic heterocycles. The van der Waals surface area contributed by atoms with Gasteiger partial charge in [0.05, 0.1) is 6.42 Å². The van der Waals surface area contributed by atoms with Crippen LogP contribution in [0.1, 0.15) is 33.6 Å². The van der Waals surface area contributed by atoms with E-state index in [1.807, 2.05) is 13.8 Å². The molecule has 0 heterocycles. The summed E-state index contributed by atoms with van der Waals surface area (Å²) < 4.78 is 0. The molecule has 0 radical (unpaired) electrons. The van der Waals surface area contributed by atoms with Gasteiger partial charge in [-0.2, -0.15) is 0 Å². The maximum Gasteiger partial charge on any atom is 0.304 e. The maximum atomic E-state index is 10.6. The first-order valence-corrected chi connectivity index (χ1v) is 4.59. The molecule has 0 spiro atoms. The van der Waals surface area contributed by atoms with Crippen molar-refractivity contribution in [2.75, 3.05) is 6.54 Å². The van der Waals surface area contributed by atoms with Crippen LogP contribution in [0.15, 0.2) is 0 Å². The smallest absolute Gasteiger partial charge is 0.304 e. The number of carboxylic acid groups (broad SMARTS) is 1. The molecular weight excluding hydrogens is 186 g/mol. The average molecular weight is 203 g/mol. The Morgan fingerprint density at radius 2 is 2.07 bits per heavy atom. The summed E-state index contributed by atoms with van der Waals surface area (Å²) in [6.07, 6.45) is 0.409. The zero-order chi connectivity index (χ0) is 11.4. The lowest BCUT2D eigenvalue weighted by atomic mass is 9.79. The quantitative estimate of drug-likeness (QED) is 0.527. The Bertz CT molecular complexity index is 209. The lowest BCUT2D eigenvalue weighted by molar-refractivity contribution is -0.497. The standard InChI is InChI=1S/C9H17NO4/c1-7(2)4-9(3,5-8(11)12)6-10(13)14/h7H,4-6H2,1-3H3,(H,11,12)/t9-/m1/s1. The van der Waals surface area contributed by atoms with Gasteiger partial charge in [0.2, 0.25) is 6.54 Å². The molecule has 0 aromatic carbocycles. The van der Waals surface area contributed by atoms with Crippen molar-refractivity contribution in [2.45, 2.75) is 33.6 Å². The van der Waals surface area contributed by atoms with E-state index >= 15 is 0 Å². The zero-order valence-corrected chi connectivity index (χ0v) is 8.82. The molecule has 0 aromatic heterocycles. The molecule has 5 nitrogen and oxygen atoms in total. The Labute approximate surface area is 83.3 Å². The number of carboxylic acids is 1. The highest BCUT2D eigenvalue weighted by Gasteiger charge is 2.33. The molecule has 0 fully saturated rings. The molecule has 5 heteroatoms. The van der Waals surface area contributed by atoms with Gasteiger partial charge in [0.25, 0.3) is 0 Å². The minimum Gasteiger partial charge on any atom is -0.481 e. The van der Waals surface area contributed by atoms with Gasteiger partial charge >= 0.3 is 5.97 Å². The first-order chi connectivity index (χ1) is 6.25. The predicted molar refractivity (Wildman–Crippen MR) is 51.7 cm³/mol. The molecule has 0 unspecified atom stereocenters. The van der Waals surface area contributed by atoms with Crippen LogP contribution in [0.25, 0.3) is 0 Å². The summed E-state index contributed by atoms with van der Waals surface area (Å²) in [6.45, 7) is 5.24. The van der Waals surface area contributed by atoms with E-state index in [4.69, 9.17) is 5.11 Å². The summed E-state index contributed by atoms with van der Waals surface area (Å²) in [5.41, 5.74) is -0.733. The molecule has 0 aliphatic rings. The highest BCUT2D eigenvalue weighted by atomic mass is 16.6.